The molecule has 0 aromatic carbocycles. The molecule has 0 saturated carbocycles. The van der Waals surface area contributed by atoms with Gasteiger partial charge in [-0.25, -0.2) is 4.79 Å². The number of likely N-dealkylation sites (N-methyl/N-ethyl adjacent to an activating group) is 1. The minimum atomic E-state index is -0.962. The SMILES string of the molecule is C=CC(=O)N(C)[C@@H](CCCC)C(=O)O. The van der Waals surface area contributed by atoms with Gasteiger partial charge in [-0.3, -0.25) is 4.79 Å². The first-order chi connectivity index (χ1) is 6.54. The second kappa shape index (κ2) is 6.18. The Kier molecular flexibility index (Phi) is 5.60. The second-order valence-corrected chi connectivity index (χ2v) is 3.15. The van der Waals surface area contributed by atoms with Crippen LogP contribution in [0, 0.1) is 0 Å². The minimum Gasteiger partial charge on any atom is -0.480 e. The topological polar surface area (TPSA) is 57.6 Å². The molecule has 14 heavy (non-hydrogen) atoms. The average Bonchev–Trinajstić information content (AvgIpc) is 2.16. The van der Waals surface area contributed by atoms with Crippen LogP contribution in [0.4, 0.5) is 0 Å². The van der Waals surface area contributed by atoms with Gasteiger partial charge in [0.2, 0.25) is 5.91 Å². The van der Waals surface area contributed by atoms with Crippen LogP contribution in [0.25, 0.3) is 0 Å². The number of hydrogen-bond acceptors (Lipinski definition) is 2. The van der Waals surface area contributed by atoms with Crippen LogP contribution >= 0.6 is 0 Å². The highest BCUT2D eigenvalue weighted by molar-refractivity contribution is 5.90. The lowest BCUT2D eigenvalue weighted by Gasteiger charge is -2.23. The molecule has 0 heterocycles. The standard InChI is InChI=1S/C10H17NO3/c1-4-6-7-8(10(13)14)11(3)9(12)5-2/h5,8H,2,4,6-7H2,1,3H3,(H,13,14)/t8-/m0/s1. The zero-order valence-electron chi connectivity index (χ0n) is 8.69. The van der Waals surface area contributed by atoms with E-state index in [1.165, 1.54) is 11.9 Å². The lowest BCUT2D eigenvalue weighted by atomic mass is 10.1. The van der Waals surface area contributed by atoms with Gasteiger partial charge in [0.15, 0.2) is 0 Å². The Morgan fingerprint density at radius 1 is 1.57 bits per heavy atom. The van der Waals surface area contributed by atoms with Crippen molar-refractivity contribution in [3.05, 3.63) is 12.7 Å². The summed E-state index contributed by atoms with van der Waals surface area (Å²) in [4.78, 5) is 23.2. The van der Waals surface area contributed by atoms with Crippen molar-refractivity contribution in [2.45, 2.75) is 32.2 Å². The molecule has 80 valence electrons. The molecule has 0 bridgehead atoms. The quantitative estimate of drug-likeness (QED) is 0.655. The van der Waals surface area contributed by atoms with Crippen molar-refractivity contribution < 1.29 is 14.7 Å². The third-order valence-electron chi connectivity index (χ3n) is 2.11. The first-order valence-electron chi connectivity index (χ1n) is 4.66. The van der Waals surface area contributed by atoms with Gasteiger partial charge in [0.25, 0.3) is 0 Å². The number of carbonyl (C=O) groups excluding carboxylic acids is 1. The number of carboxylic acids is 1. The van der Waals surface area contributed by atoms with E-state index in [4.69, 9.17) is 5.11 Å². The number of rotatable bonds is 6. The van der Waals surface area contributed by atoms with Crippen LogP contribution < -0.4 is 0 Å². The summed E-state index contributed by atoms with van der Waals surface area (Å²) in [7, 11) is 1.48. The molecule has 0 radical (unpaired) electrons. The molecule has 1 atom stereocenters. The van der Waals surface area contributed by atoms with Crippen molar-refractivity contribution in [2.75, 3.05) is 7.05 Å². The largest absolute Gasteiger partial charge is 0.480 e. The third kappa shape index (κ3) is 3.60. The van der Waals surface area contributed by atoms with Gasteiger partial charge in [-0.05, 0) is 12.5 Å². The Hall–Kier alpha value is -1.32. The Morgan fingerprint density at radius 3 is 2.50 bits per heavy atom. The Balaban J connectivity index is 4.40. The zero-order valence-corrected chi connectivity index (χ0v) is 8.69. The molecule has 0 rings (SSSR count). The van der Waals surface area contributed by atoms with E-state index in [9.17, 15) is 9.59 Å². The fourth-order valence-corrected chi connectivity index (χ4v) is 1.18. The maximum Gasteiger partial charge on any atom is 0.326 e. The molecule has 4 nitrogen and oxygen atoms in total. The molecule has 0 aliphatic carbocycles. The molecule has 0 aromatic rings. The first-order valence-corrected chi connectivity index (χ1v) is 4.66. The van der Waals surface area contributed by atoms with Crippen LogP contribution in [-0.2, 0) is 9.59 Å². The first kappa shape index (κ1) is 12.7. The van der Waals surface area contributed by atoms with Gasteiger partial charge in [0.05, 0.1) is 0 Å². The van der Waals surface area contributed by atoms with Crippen LogP contribution in [0.1, 0.15) is 26.2 Å². The minimum absolute atomic E-state index is 0.353. The predicted molar refractivity (Wildman–Crippen MR) is 53.9 cm³/mol. The van der Waals surface area contributed by atoms with E-state index < -0.39 is 12.0 Å². The van der Waals surface area contributed by atoms with E-state index in [1.807, 2.05) is 6.92 Å². The number of hydrogen-bond donors (Lipinski definition) is 1. The fraction of sp³-hybridized carbons (Fsp3) is 0.600. The van der Waals surface area contributed by atoms with Crippen LogP contribution in [-0.4, -0.2) is 35.0 Å². The van der Waals surface area contributed by atoms with Crippen molar-refractivity contribution in [3.8, 4) is 0 Å². The fourth-order valence-electron chi connectivity index (χ4n) is 1.18. The molecule has 1 N–H and O–H groups in total. The number of amides is 1. The van der Waals surface area contributed by atoms with E-state index >= 15 is 0 Å². The monoisotopic (exact) mass is 199 g/mol. The Bertz CT molecular complexity index is 225. The maximum atomic E-state index is 11.2. The van der Waals surface area contributed by atoms with E-state index in [1.54, 1.807) is 0 Å². The summed E-state index contributed by atoms with van der Waals surface area (Å²) in [5.74, 6) is -1.32. The van der Waals surface area contributed by atoms with Crippen molar-refractivity contribution >= 4 is 11.9 Å². The van der Waals surface area contributed by atoms with Crippen molar-refractivity contribution in [2.24, 2.45) is 0 Å². The molecular weight excluding hydrogens is 182 g/mol. The second-order valence-electron chi connectivity index (χ2n) is 3.15. The van der Waals surface area contributed by atoms with Crippen molar-refractivity contribution in [1.29, 1.82) is 0 Å². The lowest BCUT2D eigenvalue weighted by Crippen LogP contribution is -2.41. The van der Waals surface area contributed by atoms with Crippen LogP contribution in [0.5, 0.6) is 0 Å². The van der Waals surface area contributed by atoms with Gasteiger partial charge in [-0.2, -0.15) is 0 Å². The van der Waals surface area contributed by atoms with Gasteiger partial charge >= 0.3 is 5.97 Å². The number of aliphatic carboxylic acids is 1. The number of nitrogens with zero attached hydrogens (tertiary/aromatic N) is 1. The van der Waals surface area contributed by atoms with Crippen molar-refractivity contribution in [3.63, 3.8) is 0 Å². The van der Waals surface area contributed by atoms with E-state index in [0.717, 1.165) is 18.9 Å². The van der Waals surface area contributed by atoms with Crippen LogP contribution in [0.15, 0.2) is 12.7 Å². The summed E-state index contributed by atoms with van der Waals surface area (Å²) in [5, 5.41) is 8.89. The summed E-state index contributed by atoms with van der Waals surface area (Å²) in [6, 6.07) is -0.736. The summed E-state index contributed by atoms with van der Waals surface area (Å²) in [6.45, 7) is 5.30. The van der Waals surface area contributed by atoms with Crippen molar-refractivity contribution in [1.82, 2.24) is 4.90 Å². The molecule has 4 heteroatoms. The van der Waals surface area contributed by atoms with Crippen LogP contribution in [0.2, 0.25) is 0 Å². The summed E-state index contributed by atoms with van der Waals surface area (Å²) >= 11 is 0. The summed E-state index contributed by atoms with van der Waals surface area (Å²) in [5.41, 5.74) is 0. The van der Waals surface area contributed by atoms with E-state index in [2.05, 4.69) is 6.58 Å². The highest BCUT2D eigenvalue weighted by Gasteiger charge is 2.24. The average molecular weight is 199 g/mol. The van der Waals surface area contributed by atoms with E-state index in [-0.39, 0.29) is 5.91 Å². The van der Waals surface area contributed by atoms with Gasteiger partial charge in [-0.15, -0.1) is 0 Å². The molecule has 0 saturated heterocycles. The molecule has 1 amide bonds. The molecule has 0 spiro atoms. The maximum absolute atomic E-state index is 11.2. The van der Waals surface area contributed by atoms with Gasteiger partial charge in [0, 0.05) is 7.05 Å². The molecule has 0 aromatic heterocycles. The third-order valence-corrected chi connectivity index (χ3v) is 2.11. The highest BCUT2D eigenvalue weighted by atomic mass is 16.4. The summed E-state index contributed by atoms with van der Waals surface area (Å²) in [6.07, 6.45) is 3.33. The molecule has 0 aliphatic rings. The predicted octanol–water partition coefficient (Wildman–Crippen LogP) is 1.27. The molecule has 0 unspecified atom stereocenters. The Morgan fingerprint density at radius 2 is 2.14 bits per heavy atom. The highest BCUT2D eigenvalue weighted by Crippen LogP contribution is 2.08. The molecular formula is C10H17NO3. The zero-order chi connectivity index (χ0) is 11.1. The molecule has 0 fully saturated rings. The lowest BCUT2D eigenvalue weighted by molar-refractivity contribution is -0.147. The number of unbranched alkanes of at least 4 members (excludes halogenated alkanes) is 1. The van der Waals surface area contributed by atoms with Gasteiger partial charge in [-0.1, -0.05) is 26.3 Å². The smallest absolute Gasteiger partial charge is 0.326 e. The number of carboxylic acid groups (broad SMARTS) is 1. The summed E-state index contributed by atoms with van der Waals surface area (Å²) < 4.78 is 0. The molecule has 0 aliphatic heterocycles. The Labute approximate surface area is 84.2 Å². The normalized spacial score (nSPS) is 11.9. The van der Waals surface area contributed by atoms with Crippen LogP contribution in [0.3, 0.4) is 0 Å². The van der Waals surface area contributed by atoms with Gasteiger partial charge < -0.3 is 10.0 Å². The number of carbonyl (C=O) groups is 2. The van der Waals surface area contributed by atoms with E-state index in [0.29, 0.717) is 6.42 Å². The van der Waals surface area contributed by atoms with Gasteiger partial charge in [0.1, 0.15) is 6.04 Å².